The van der Waals surface area contributed by atoms with Crippen LogP contribution >= 0.6 is 11.3 Å². The molecule has 1 unspecified atom stereocenters. The normalized spacial score (nSPS) is 16.8. The number of aryl methyl sites for hydroxylation is 2. The number of ether oxygens (including phenoxy) is 1. The second kappa shape index (κ2) is 9.28. The first kappa shape index (κ1) is 22.5. The molecule has 1 atom stereocenters. The molecule has 1 saturated heterocycles. The van der Waals surface area contributed by atoms with Crippen molar-refractivity contribution in [2.75, 3.05) is 18.4 Å². The number of hydrogen-bond acceptors (Lipinski definition) is 6. The van der Waals surface area contributed by atoms with E-state index in [-0.39, 0.29) is 13.1 Å². The van der Waals surface area contributed by atoms with Crippen LogP contribution in [0.1, 0.15) is 30.9 Å². The molecule has 1 aromatic carbocycles. The van der Waals surface area contributed by atoms with Crippen LogP contribution in [0.25, 0.3) is 0 Å². The van der Waals surface area contributed by atoms with Crippen LogP contribution in [-0.2, 0) is 24.3 Å². The van der Waals surface area contributed by atoms with Crippen LogP contribution in [0.4, 0.5) is 5.69 Å². The lowest BCUT2D eigenvalue weighted by molar-refractivity contribution is -0.158. The Hall–Kier alpha value is -2.23. The first-order chi connectivity index (χ1) is 14.2. The first-order valence-corrected chi connectivity index (χ1v) is 12.1. The van der Waals surface area contributed by atoms with Gasteiger partial charge in [-0.25, -0.2) is 8.42 Å². The molecule has 0 radical (unpaired) electrons. The van der Waals surface area contributed by atoms with Gasteiger partial charge in [-0.3, -0.25) is 9.59 Å². The topological polar surface area (TPSA) is 92.8 Å². The minimum Gasteiger partial charge on any atom is -0.452 e. The highest BCUT2D eigenvalue weighted by Crippen LogP contribution is 2.27. The van der Waals surface area contributed by atoms with Crippen molar-refractivity contribution in [3.8, 4) is 0 Å². The van der Waals surface area contributed by atoms with Crippen molar-refractivity contribution in [3.63, 3.8) is 0 Å². The van der Waals surface area contributed by atoms with Crippen LogP contribution in [0.5, 0.6) is 0 Å². The van der Waals surface area contributed by atoms with E-state index in [1.54, 1.807) is 17.5 Å². The molecule has 0 aliphatic carbocycles. The molecule has 1 aliphatic rings. The lowest BCUT2D eigenvalue weighted by Crippen LogP contribution is -2.41. The van der Waals surface area contributed by atoms with Crippen LogP contribution in [0.2, 0.25) is 0 Å². The third kappa shape index (κ3) is 5.08. The number of amides is 1. The van der Waals surface area contributed by atoms with Gasteiger partial charge in [-0.05, 0) is 62.3 Å². The van der Waals surface area contributed by atoms with E-state index in [0.29, 0.717) is 22.7 Å². The third-order valence-corrected chi connectivity index (χ3v) is 8.46. The number of piperidine rings is 1. The van der Waals surface area contributed by atoms with E-state index in [2.05, 4.69) is 5.32 Å². The van der Waals surface area contributed by atoms with Gasteiger partial charge in [0.15, 0.2) is 6.10 Å². The smallest absolute Gasteiger partial charge is 0.309 e. The number of carbonyl (C=O) groups is 2. The van der Waals surface area contributed by atoms with Crippen molar-refractivity contribution in [1.29, 1.82) is 0 Å². The fourth-order valence-electron chi connectivity index (χ4n) is 3.30. The summed E-state index contributed by atoms with van der Waals surface area (Å²) in [4.78, 5) is 24.9. The number of esters is 1. The molecule has 0 spiro atoms. The van der Waals surface area contributed by atoms with Gasteiger partial charge >= 0.3 is 5.97 Å². The highest BCUT2D eigenvalue weighted by atomic mass is 32.2. The zero-order valence-electron chi connectivity index (χ0n) is 17.3. The Kier molecular flexibility index (Phi) is 6.95. The summed E-state index contributed by atoms with van der Waals surface area (Å²) in [5.41, 5.74) is 2.63. The summed E-state index contributed by atoms with van der Waals surface area (Å²) < 4.78 is 32.2. The van der Waals surface area contributed by atoms with Crippen molar-refractivity contribution in [1.82, 2.24) is 4.31 Å². The summed E-state index contributed by atoms with van der Waals surface area (Å²) in [7, 11) is -3.51. The fraction of sp³-hybridized carbons (Fsp3) is 0.429. The Labute approximate surface area is 181 Å². The van der Waals surface area contributed by atoms with Crippen molar-refractivity contribution >= 4 is 38.9 Å². The van der Waals surface area contributed by atoms with Gasteiger partial charge in [0.1, 0.15) is 4.21 Å². The van der Waals surface area contributed by atoms with Crippen molar-refractivity contribution in [3.05, 3.63) is 46.8 Å². The van der Waals surface area contributed by atoms with E-state index < -0.39 is 33.9 Å². The van der Waals surface area contributed by atoms with Gasteiger partial charge in [0.05, 0.1) is 5.92 Å². The van der Waals surface area contributed by atoms with Crippen molar-refractivity contribution < 1.29 is 22.7 Å². The summed E-state index contributed by atoms with van der Waals surface area (Å²) in [6.07, 6.45) is -0.200. The highest BCUT2D eigenvalue weighted by Gasteiger charge is 2.34. The Morgan fingerprint density at radius 2 is 1.90 bits per heavy atom. The summed E-state index contributed by atoms with van der Waals surface area (Å²) in [6, 6.07) is 9.02. The molecule has 0 bridgehead atoms. The average molecular weight is 451 g/mol. The number of carbonyl (C=O) groups excluding carboxylic acids is 2. The number of nitrogens with zero attached hydrogens (tertiary/aromatic N) is 1. The van der Waals surface area contributed by atoms with Gasteiger partial charge in [0.25, 0.3) is 15.9 Å². The number of hydrogen-bond donors (Lipinski definition) is 1. The second-order valence-corrected chi connectivity index (χ2v) is 10.6. The maximum atomic E-state index is 12.6. The van der Waals surface area contributed by atoms with E-state index in [0.717, 1.165) is 11.1 Å². The van der Waals surface area contributed by atoms with E-state index in [4.69, 9.17) is 4.74 Å². The SMILES string of the molecule is Cc1ccc(C)c(NC(=O)C(C)OC(=O)C2CCN(S(=O)(=O)c3cccs3)CC2)c1. The molecular weight excluding hydrogens is 424 g/mol. The van der Waals surface area contributed by atoms with Gasteiger partial charge in [-0.15, -0.1) is 11.3 Å². The molecule has 7 nitrogen and oxygen atoms in total. The van der Waals surface area contributed by atoms with Crippen LogP contribution in [-0.4, -0.2) is 43.8 Å². The standard InChI is InChI=1S/C21H26N2O5S2/c1-14-6-7-15(2)18(13-14)22-20(24)16(3)28-21(25)17-8-10-23(11-9-17)30(26,27)19-5-4-12-29-19/h4-7,12-13,16-17H,8-11H2,1-3H3,(H,22,24). The predicted molar refractivity (Wildman–Crippen MR) is 116 cm³/mol. The van der Waals surface area contributed by atoms with Gasteiger partial charge in [0.2, 0.25) is 0 Å². The number of nitrogens with one attached hydrogen (secondary N) is 1. The third-order valence-electron chi connectivity index (χ3n) is 5.19. The molecule has 9 heteroatoms. The molecule has 1 aliphatic heterocycles. The van der Waals surface area contributed by atoms with Gasteiger partial charge in [-0.2, -0.15) is 4.31 Å². The molecular formula is C21H26N2O5S2. The Morgan fingerprint density at radius 1 is 1.20 bits per heavy atom. The number of anilines is 1. The number of sulfonamides is 1. The van der Waals surface area contributed by atoms with Crippen molar-refractivity contribution in [2.24, 2.45) is 5.92 Å². The Morgan fingerprint density at radius 3 is 2.53 bits per heavy atom. The van der Waals surface area contributed by atoms with Crippen LogP contribution in [0.3, 0.4) is 0 Å². The van der Waals surface area contributed by atoms with E-state index in [9.17, 15) is 18.0 Å². The zero-order valence-corrected chi connectivity index (χ0v) is 18.9. The fourth-order valence-corrected chi connectivity index (χ4v) is 5.91. The molecule has 3 rings (SSSR count). The van der Waals surface area contributed by atoms with Gasteiger partial charge in [-0.1, -0.05) is 18.2 Å². The summed E-state index contributed by atoms with van der Waals surface area (Å²) in [5, 5.41) is 4.52. The Balaban J connectivity index is 1.53. The maximum absolute atomic E-state index is 12.6. The molecule has 1 aromatic heterocycles. The largest absolute Gasteiger partial charge is 0.452 e. The number of rotatable bonds is 6. The molecule has 162 valence electrons. The van der Waals surface area contributed by atoms with Gasteiger partial charge in [0, 0.05) is 18.8 Å². The lowest BCUT2D eigenvalue weighted by atomic mass is 9.98. The first-order valence-electron chi connectivity index (χ1n) is 9.80. The van der Waals surface area contributed by atoms with E-state index in [1.165, 1.54) is 22.6 Å². The maximum Gasteiger partial charge on any atom is 0.309 e. The predicted octanol–water partition coefficient (Wildman–Crippen LogP) is 3.34. The lowest BCUT2D eigenvalue weighted by Gasteiger charge is -2.30. The van der Waals surface area contributed by atoms with Crippen molar-refractivity contribution in [2.45, 2.75) is 43.9 Å². The average Bonchev–Trinajstić information content (AvgIpc) is 3.26. The quantitative estimate of drug-likeness (QED) is 0.682. The van der Waals surface area contributed by atoms with Crippen LogP contribution in [0, 0.1) is 19.8 Å². The van der Waals surface area contributed by atoms with Crippen LogP contribution in [0.15, 0.2) is 39.9 Å². The zero-order chi connectivity index (χ0) is 21.9. The van der Waals surface area contributed by atoms with Crippen LogP contribution < -0.4 is 5.32 Å². The molecule has 0 saturated carbocycles. The summed E-state index contributed by atoms with van der Waals surface area (Å²) in [5.74, 6) is -1.28. The molecule has 2 aromatic rings. The summed E-state index contributed by atoms with van der Waals surface area (Å²) >= 11 is 1.18. The number of benzene rings is 1. The van der Waals surface area contributed by atoms with Gasteiger partial charge < -0.3 is 10.1 Å². The monoisotopic (exact) mass is 450 g/mol. The highest BCUT2D eigenvalue weighted by molar-refractivity contribution is 7.91. The number of thiophene rings is 1. The van der Waals surface area contributed by atoms with E-state index >= 15 is 0 Å². The second-order valence-electron chi connectivity index (χ2n) is 7.50. The molecule has 1 fully saturated rings. The minimum absolute atomic E-state index is 0.253. The van der Waals surface area contributed by atoms with E-state index in [1.807, 2.05) is 32.0 Å². The molecule has 1 amide bonds. The Bertz CT molecular complexity index is 1010. The summed E-state index contributed by atoms with van der Waals surface area (Å²) in [6.45, 7) is 5.87. The molecule has 30 heavy (non-hydrogen) atoms. The minimum atomic E-state index is -3.51. The molecule has 1 N–H and O–H groups in total. The molecule has 2 heterocycles.